The van der Waals surface area contributed by atoms with E-state index in [0.717, 1.165) is 23.9 Å². The van der Waals surface area contributed by atoms with E-state index in [1.54, 1.807) is 12.1 Å². The number of hydrogen-bond donors (Lipinski definition) is 2. The third-order valence-electron chi connectivity index (χ3n) is 4.51. The van der Waals surface area contributed by atoms with Crippen LogP contribution in [-0.2, 0) is 0 Å². The number of para-hydroxylation sites is 2. The second kappa shape index (κ2) is 5.17. The van der Waals surface area contributed by atoms with Crippen LogP contribution in [-0.4, -0.2) is 20.6 Å². The first-order valence-electron chi connectivity index (χ1n) is 8.26. The Kier molecular flexibility index (Phi) is 2.94. The molecule has 1 saturated carbocycles. The molecule has 1 fully saturated rings. The summed E-state index contributed by atoms with van der Waals surface area (Å²) in [6.07, 6.45) is 2.09. The zero-order valence-corrected chi connectivity index (χ0v) is 13.3. The minimum atomic E-state index is -0.311. The van der Waals surface area contributed by atoms with E-state index < -0.39 is 0 Å². The van der Waals surface area contributed by atoms with E-state index >= 15 is 0 Å². The first kappa shape index (κ1) is 14.2. The van der Waals surface area contributed by atoms with Gasteiger partial charge in [-0.2, -0.15) is 0 Å². The summed E-state index contributed by atoms with van der Waals surface area (Å²) in [5.41, 5.74) is 2.46. The number of fused-ring (bicyclic) bond motifs is 2. The lowest BCUT2D eigenvalue weighted by Crippen LogP contribution is -2.19. The van der Waals surface area contributed by atoms with Crippen LogP contribution in [0, 0.1) is 5.82 Å². The van der Waals surface area contributed by atoms with Crippen molar-refractivity contribution in [1.82, 2.24) is 14.5 Å². The van der Waals surface area contributed by atoms with E-state index in [4.69, 9.17) is 0 Å². The number of nitrogens with one attached hydrogen (secondary N) is 2. The van der Waals surface area contributed by atoms with Crippen LogP contribution in [0.2, 0.25) is 0 Å². The Balaban J connectivity index is 1.77. The maximum atomic E-state index is 14.3. The molecule has 4 aromatic rings. The van der Waals surface area contributed by atoms with Crippen LogP contribution in [0.1, 0.15) is 12.8 Å². The Bertz CT molecular complexity index is 1140. The fraction of sp³-hybridized carbons (Fsp3) is 0.158. The van der Waals surface area contributed by atoms with Crippen molar-refractivity contribution >= 4 is 27.6 Å². The quantitative estimate of drug-likeness (QED) is 0.602. The van der Waals surface area contributed by atoms with Crippen LogP contribution in [0.4, 0.5) is 10.1 Å². The summed E-state index contributed by atoms with van der Waals surface area (Å²) >= 11 is 0. The van der Waals surface area contributed by atoms with Crippen LogP contribution < -0.4 is 10.9 Å². The lowest BCUT2D eigenvalue weighted by Gasteiger charge is -2.11. The minimum absolute atomic E-state index is 0.212. The summed E-state index contributed by atoms with van der Waals surface area (Å²) in [6.45, 7) is 0. The average molecular weight is 334 g/mol. The predicted molar refractivity (Wildman–Crippen MR) is 95.8 cm³/mol. The van der Waals surface area contributed by atoms with Crippen molar-refractivity contribution < 1.29 is 4.39 Å². The molecule has 1 aliphatic rings. The number of aromatic nitrogens is 3. The van der Waals surface area contributed by atoms with Crippen LogP contribution >= 0.6 is 0 Å². The Labute approximate surface area is 142 Å². The topological polar surface area (TPSA) is 62.7 Å². The van der Waals surface area contributed by atoms with Gasteiger partial charge in [-0.25, -0.2) is 13.9 Å². The molecule has 25 heavy (non-hydrogen) atoms. The van der Waals surface area contributed by atoms with Crippen molar-refractivity contribution in [3.05, 3.63) is 64.7 Å². The van der Waals surface area contributed by atoms with Gasteiger partial charge < -0.3 is 10.3 Å². The number of nitrogens with zero attached hydrogens (tertiary/aromatic N) is 2. The standard InChI is InChI=1S/C19H15FN4O/c20-13-9-11-5-8-18(25)24(17(11)10-16(13)21-12-6-7-12)19-22-14-3-1-2-4-15(14)23-19/h1-5,8-10,12,21H,6-7H2,(H,22,23). The molecule has 5 nitrogen and oxygen atoms in total. The maximum absolute atomic E-state index is 14.3. The molecule has 0 spiro atoms. The van der Waals surface area contributed by atoms with E-state index in [9.17, 15) is 9.18 Å². The second-order valence-electron chi connectivity index (χ2n) is 6.39. The van der Waals surface area contributed by atoms with Crippen molar-refractivity contribution in [1.29, 1.82) is 0 Å². The fourth-order valence-corrected chi connectivity index (χ4v) is 3.08. The largest absolute Gasteiger partial charge is 0.380 e. The van der Waals surface area contributed by atoms with Gasteiger partial charge in [0.05, 0.1) is 22.2 Å². The molecular weight excluding hydrogens is 319 g/mol. The molecule has 5 rings (SSSR count). The molecule has 0 radical (unpaired) electrons. The van der Waals surface area contributed by atoms with Gasteiger partial charge in [-0.1, -0.05) is 12.1 Å². The van der Waals surface area contributed by atoms with E-state index in [2.05, 4.69) is 15.3 Å². The maximum Gasteiger partial charge on any atom is 0.257 e. The zero-order valence-electron chi connectivity index (χ0n) is 13.3. The highest BCUT2D eigenvalue weighted by molar-refractivity contribution is 5.85. The third-order valence-corrected chi connectivity index (χ3v) is 4.51. The minimum Gasteiger partial charge on any atom is -0.380 e. The summed E-state index contributed by atoms with van der Waals surface area (Å²) in [5.74, 6) is 0.120. The summed E-state index contributed by atoms with van der Waals surface area (Å²) in [4.78, 5) is 20.2. The second-order valence-corrected chi connectivity index (χ2v) is 6.39. The lowest BCUT2D eigenvalue weighted by atomic mass is 10.2. The molecule has 0 atom stereocenters. The van der Waals surface area contributed by atoms with Crippen molar-refractivity contribution in [2.75, 3.05) is 5.32 Å². The van der Waals surface area contributed by atoms with Gasteiger partial charge in [0.25, 0.3) is 5.56 Å². The van der Waals surface area contributed by atoms with E-state index in [-0.39, 0.29) is 11.4 Å². The number of halogens is 1. The number of rotatable bonds is 3. The van der Waals surface area contributed by atoms with Crippen molar-refractivity contribution in [2.24, 2.45) is 0 Å². The number of anilines is 1. The van der Waals surface area contributed by atoms with Crippen LogP contribution in [0.15, 0.2) is 53.3 Å². The van der Waals surface area contributed by atoms with Gasteiger partial charge >= 0.3 is 0 Å². The summed E-state index contributed by atoms with van der Waals surface area (Å²) in [5, 5.41) is 3.83. The molecule has 2 aromatic carbocycles. The van der Waals surface area contributed by atoms with E-state index in [1.807, 2.05) is 24.3 Å². The van der Waals surface area contributed by atoms with Gasteiger partial charge in [0.2, 0.25) is 5.95 Å². The number of aromatic amines is 1. The highest BCUT2D eigenvalue weighted by Crippen LogP contribution is 2.29. The number of hydrogen-bond acceptors (Lipinski definition) is 3. The number of benzene rings is 2. The highest BCUT2D eigenvalue weighted by atomic mass is 19.1. The molecule has 0 amide bonds. The van der Waals surface area contributed by atoms with Crippen LogP contribution in [0.5, 0.6) is 0 Å². The van der Waals surface area contributed by atoms with Gasteiger partial charge in [-0.15, -0.1) is 0 Å². The van der Waals surface area contributed by atoms with Gasteiger partial charge in [0, 0.05) is 17.5 Å². The SMILES string of the molecule is O=c1ccc2cc(F)c(NC3CC3)cc2n1-c1nc2ccccc2[nH]1. The third kappa shape index (κ3) is 2.38. The molecule has 1 aliphatic carbocycles. The van der Waals surface area contributed by atoms with E-state index in [0.29, 0.717) is 28.6 Å². The Hall–Kier alpha value is -3.15. The molecule has 0 unspecified atom stereocenters. The van der Waals surface area contributed by atoms with Gasteiger partial charge in [0.1, 0.15) is 5.82 Å². The molecule has 0 bridgehead atoms. The Morgan fingerprint density at radius 2 is 2.00 bits per heavy atom. The summed E-state index contributed by atoms with van der Waals surface area (Å²) < 4.78 is 15.8. The lowest BCUT2D eigenvalue weighted by molar-refractivity contribution is 0.631. The van der Waals surface area contributed by atoms with Gasteiger partial charge in [0.15, 0.2) is 0 Å². The van der Waals surface area contributed by atoms with Crippen LogP contribution in [0.25, 0.3) is 27.9 Å². The van der Waals surface area contributed by atoms with Crippen molar-refractivity contribution in [3.8, 4) is 5.95 Å². The van der Waals surface area contributed by atoms with Gasteiger partial charge in [-0.05, 0) is 43.2 Å². The predicted octanol–water partition coefficient (Wildman–Crippen LogP) is 3.58. The number of H-pyrrole nitrogens is 1. The molecule has 0 aliphatic heterocycles. The fourth-order valence-electron chi connectivity index (χ4n) is 3.08. The summed E-state index contributed by atoms with van der Waals surface area (Å²) in [7, 11) is 0. The van der Waals surface area contributed by atoms with Crippen LogP contribution in [0.3, 0.4) is 0 Å². The molecule has 2 N–H and O–H groups in total. The Morgan fingerprint density at radius 1 is 1.16 bits per heavy atom. The summed E-state index contributed by atoms with van der Waals surface area (Å²) in [6, 6.07) is 14.1. The zero-order chi connectivity index (χ0) is 17.0. The smallest absolute Gasteiger partial charge is 0.257 e. The normalized spacial score (nSPS) is 14.3. The van der Waals surface area contributed by atoms with Crippen molar-refractivity contribution in [2.45, 2.75) is 18.9 Å². The average Bonchev–Trinajstić information content (AvgIpc) is 3.31. The molecule has 6 heteroatoms. The number of imidazole rings is 1. The highest BCUT2D eigenvalue weighted by Gasteiger charge is 2.22. The molecule has 2 aromatic heterocycles. The first-order valence-corrected chi connectivity index (χ1v) is 8.26. The molecule has 124 valence electrons. The Morgan fingerprint density at radius 3 is 2.80 bits per heavy atom. The molecule has 0 saturated heterocycles. The van der Waals surface area contributed by atoms with E-state index in [1.165, 1.54) is 16.7 Å². The molecular formula is C19H15FN4O. The molecule has 2 heterocycles. The first-order chi connectivity index (χ1) is 12.2. The monoisotopic (exact) mass is 334 g/mol. The van der Waals surface area contributed by atoms with Gasteiger partial charge in [-0.3, -0.25) is 4.79 Å². The number of pyridine rings is 1. The van der Waals surface area contributed by atoms with Crippen molar-refractivity contribution in [3.63, 3.8) is 0 Å².